The molecule has 0 saturated heterocycles. The summed E-state index contributed by atoms with van der Waals surface area (Å²) in [6, 6.07) is 11.0. The highest BCUT2D eigenvalue weighted by atomic mass is 32.2. The molecular formula is C19H27N3O4S2. The zero-order chi connectivity index (χ0) is 20.9. The van der Waals surface area contributed by atoms with E-state index >= 15 is 0 Å². The van der Waals surface area contributed by atoms with Crippen LogP contribution in [0.4, 0.5) is 11.4 Å². The van der Waals surface area contributed by atoms with Crippen molar-refractivity contribution in [3.63, 3.8) is 0 Å². The topological polar surface area (TPSA) is 95.6 Å². The molecule has 2 rings (SSSR count). The van der Waals surface area contributed by atoms with Gasteiger partial charge in [-0.3, -0.25) is 4.72 Å². The fourth-order valence-electron chi connectivity index (χ4n) is 2.65. The summed E-state index contributed by atoms with van der Waals surface area (Å²) in [7, 11) is -4.71. The fourth-order valence-corrected chi connectivity index (χ4v) is 4.65. The number of anilines is 2. The molecule has 0 aliphatic carbocycles. The molecule has 0 spiro atoms. The van der Waals surface area contributed by atoms with E-state index in [2.05, 4.69) is 17.0 Å². The van der Waals surface area contributed by atoms with E-state index in [1.165, 1.54) is 26.2 Å². The molecule has 2 aromatic rings. The normalized spacial score (nSPS) is 12.2. The van der Waals surface area contributed by atoms with Crippen LogP contribution in [0.25, 0.3) is 0 Å². The molecule has 0 amide bonds. The van der Waals surface area contributed by atoms with E-state index in [4.69, 9.17) is 0 Å². The molecule has 0 unspecified atom stereocenters. The molecule has 2 N–H and O–H groups in total. The first-order valence-electron chi connectivity index (χ1n) is 9.04. The van der Waals surface area contributed by atoms with E-state index in [0.29, 0.717) is 12.2 Å². The van der Waals surface area contributed by atoms with Gasteiger partial charge in [0.15, 0.2) is 0 Å². The van der Waals surface area contributed by atoms with Gasteiger partial charge in [-0.1, -0.05) is 25.5 Å². The van der Waals surface area contributed by atoms with Gasteiger partial charge >= 0.3 is 0 Å². The molecule has 0 saturated carbocycles. The van der Waals surface area contributed by atoms with E-state index in [9.17, 15) is 16.8 Å². The molecule has 0 bridgehead atoms. The molecule has 0 heterocycles. The van der Waals surface area contributed by atoms with Gasteiger partial charge in [0.1, 0.15) is 0 Å². The zero-order valence-electron chi connectivity index (χ0n) is 16.6. The molecule has 0 radical (unpaired) electrons. The Morgan fingerprint density at radius 2 is 1.46 bits per heavy atom. The Hall–Kier alpha value is -2.10. The van der Waals surface area contributed by atoms with Crippen molar-refractivity contribution in [2.45, 2.75) is 36.5 Å². The molecule has 9 heteroatoms. The molecule has 154 valence electrons. The number of nitrogens with one attached hydrogen (secondary N) is 2. The Balaban J connectivity index is 2.44. The number of benzene rings is 2. The number of hydrogen-bond donors (Lipinski definition) is 2. The molecule has 0 aliphatic rings. The summed E-state index contributed by atoms with van der Waals surface area (Å²) in [5.74, 6) is 0. The van der Waals surface area contributed by atoms with Gasteiger partial charge in [-0.2, -0.15) is 0 Å². The van der Waals surface area contributed by atoms with Gasteiger partial charge in [0.25, 0.3) is 10.0 Å². The van der Waals surface area contributed by atoms with Crippen molar-refractivity contribution in [3.8, 4) is 0 Å². The maximum absolute atomic E-state index is 12.8. The quantitative estimate of drug-likeness (QED) is 0.644. The fraction of sp³-hybridized carbons (Fsp3) is 0.368. The number of nitrogens with zero attached hydrogens (tertiary/aromatic N) is 1. The van der Waals surface area contributed by atoms with Crippen molar-refractivity contribution in [2.75, 3.05) is 30.7 Å². The summed E-state index contributed by atoms with van der Waals surface area (Å²) in [6.45, 7) is 4.48. The maximum Gasteiger partial charge on any atom is 0.261 e. The molecule has 7 nitrogen and oxygen atoms in total. The molecule has 28 heavy (non-hydrogen) atoms. The predicted molar refractivity (Wildman–Crippen MR) is 113 cm³/mol. The lowest BCUT2D eigenvalue weighted by Crippen LogP contribution is -2.22. The standard InChI is InChI=1S/C19H27N3O4S2/c1-5-7-15-8-10-16(11-9-15)27(23,24)21-19-14-17(28(25,26)22(3)4)12-13-18(19)20-6-2/h8-14,20-21H,5-7H2,1-4H3. The lowest BCUT2D eigenvalue weighted by Gasteiger charge is -2.17. The second-order valence-corrected chi connectivity index (χ2v) is 10.4. The van der Waals surface area contributed by atoms with Crippen molar-refractivity contribution < 1.29 is 16.8 Å². The lowest BCUT2D eigenvalue weighted by molar-refractivity contribution is 0.521. The summed E-state index contributed by atoms with van der Waals surface area (Å²) in [4.78, 5) is 0.130. The van der Waals surface area contributed by atoms with Gasteiger partial charge in [-0.05, 0) is 49.2 Å². The van der Waals surface area contributed by atoms with Crippen LogP contribution in [-0.4, -0.2) is 41.8 Å². The second kappa shape index (κ2) is 8.93. The summed E-state index contributed by atoms with van der Waals surface area (Å²) < 4.78 is 54.1. The minimum absolute atomic E-state index is 0.00940. The number of aryl methyl sites for hydroxylation is 1. The van der Waals surface area contributed by atoms with Crippen molar-refractivity contribution in [2.24, 2.45) is 0 Å². The molecule has 2 aromatic carbocycles. The summed E-state index contributed by atoms with van der Waals surface area (Å²) >= 11 is 0. The first-order chi connectivity index (χ1) is 13.1. The van der Waals surface area contributed by atoms with E-state index < -0.39 is 20.0 Å². The molecular weight excluding hydrogens is 398 g/mol. The Bertz CT molecular complexity index is 1020. The van der Waals surface area contributed by atoms with Crippen molar-refractivity contribution in [1.29, 1.82) is 0 Å². The summed E-state index contributed by atoms with van der Waals surface area (Å²) in [5.41, 5.74) is 1.75. The van der Waals surface area contributed by atoms with Gasteiger partial charge in [0.2, 0.25) is 10.0 Å². The van der Waals surface area contributed by atoms with Crippen LogP contribution in [0.2, 0.25) is 0 Å². The van der Waals surface area contributed by atoms with E-state index in [0.717, 1.165) is 22.7 Å². The number of hydrogen-bond acceptors (Lipinski definition) is 5. The number of rotatable bonds is 9. The Kier molecular flexibility index (Phi) is 7.08. The molecule has 0 fully saturated rings. The highest BCUT2D eigenvalue weighted by Gasteiger charge is 2.21. The SMILES string of the molecule is CCCc1ccc(S(=O)(=O)Nc2cc(S(=O)(=O)N(C)C)ccc2NCC)cc1. The van der Waals surface area contributed by atoms with Gasteiger partial charge in [-0.15, -0.1) is 0 Å². The smallest absolute Gasteiger partial charge is 0.261 e. The van der Waals surface area contributed by atoms with Crippen LogP contribution in [0.5, 0.6) is 0 Å². The van der Waals surface area contributed by atoms with Crippen molar-refractivity contribution >= 4 is 31.4 Å². The maximum atomic E-state index is 12.8. The predicted octanol–water partition coefficient (Wildman–Crippen LogP) is 3.12. The molecule has 0 aliphatic heterocycles. The Morgan fingerprint density at radius 3 is 2.00 bits per heavy atom. The molecule has 0 aromatic heterocycles. The third-order valence-corrected chi connectivity index (χ3v) is 7.35. The molecule has 0 atom stereocenters. The summed E-state index contributed by atoms with van der Waals surface area (Å²) in [6.07, 6.45) is 1.85. The van der Waals surface area contributed by atoms with Crippen LogP contribution in [-0.2, 0) is 26.5 Å². The zero-order valence-corrected chi connectivity index (χ0v) is 18.2. The highest BCUT2D eigenvalue weighted by Crippen LogP contribution is 2.29. The van der Waals surface area contributed by atoms with Crippen molar-refractivity contribution in [1.82, 2.24) is 4.31 Å². The van der Waals surface area contributed by atoms with Crippen LogP contribution in [0, 0.1) is 0 Å². The lowest BCUT2D eigenvalue weighted by atomic mass is 10.1. The first kappa shape index (κ1) is 22.2. The van der Waals surface area contributed by atoms with Gasteiger partial charge in [0, 0.05) is 20.6 Å². The van der Waals surface area contributed by atoms with Gasteiger partial charge in [0.05, 0.1) is 21.2 Å². The Morgan fingerprint density at radius 1 is 0.857 bits per heavy atom. The Labute approximate surface area is 167 Å². The minimum Gasteiger partial charge on any atom is -0.384 e. The van der Waals surface area contributed by atoms with Gasteiger partial charge in [-0.25, -0.2) is 21.1 Å². The van der Waals surface area contributed by atoms with Gasteiger partial charge < -0.3 is 5.32 Å². The average Bonchev–Trinajstić information content (AvgIpc) is 2.63. The third-order valence-electron chi connectivity index (χ3n) is 4.15. The third kappa shape index (κ3) is 5.03. The van der Waals surface area contributed by atoms with E-state index in [-0.39, 0.29) is 15.5 Å². The highest BCUT2D eigenvalue weighted by molar-refractivity contribution is 7.92. The number of sulfonamides is 2. The van der Waals surface area contributed by atoms with E-state index in [1.54, 1.807) is 30.3 Å². The van der Waals surface area contributed by atoms with Crippen LogP contribution in [0.1, 0.15) is 25.8 Å². The van der Waals surface area contributed by atoms with Crippen LogP contribution in [0.15, 0.2) is 52.3 Å². The van der Waals surface area contributed by atoms with Crippen LogP contribution < -0.4 is 10.0 Å². The van der Waals surface area contributed by atoms with Crippen LogP contribution in [0.3, 0.4) is 0 Å². The monoisotopic (exact) mass is 425 g/mol. The summed E-state index contributed by atoms with van der Waals surface area (Å²) in [5, 5.41) is 3.05. The minimum atomic E-state index is -3.87. The van der Waals surface area contributed by atoms with E-state index in [1.807, 2.05) is 6.92 Å². The van der Waals surface area contributed by atoms with Crippen LogP contribution >= 0.6 is 0 Å². The second-order valence-electron chi connectivity index (χ2n) is 6.52. The first-order valence-corrected chi connectivity index (χ1v) is 12.0. The average molecular weight is 426 g/mol. The van der Waals surface area contributed by atoms with Crippen molar-refractivity contribution in [3.05, 3.63) is 48.0 Å². The largest absolute Gasteiger partial charge is 0.384 e.